The molecule has 0 unspecified atom stereocenters. The van der Waals surface area contributed by atoms with Crippen LogP contribution in [0.3, 0.4) is 0 Å². The summed E-state index contributed by atoms with van der Waals surface area (Å²) in [6, 6.07) is 13.2. The average Bonchev–Trinajstić information content (AvgIpc) is 3.07. The van der Waals surface area contributed by atoms with E-state index in [1.165, 1.54) is 12.1 Å². The highest BCUT2D eigenvalue weighted by atomic mass is 16.6. The van der Waals surface area contributed by atoms with Gasteiger partial charge in [0, 0.05) is 30.8 Å². The van der Waals surface area contributed by atoms with E-state index in [0.717, 1.165) is 24.2 Å². The Kier molecular flexibility index (Phi) is 5.26. The molecule has 0 atom stereocenters. The van der Waals surface area contributed by atoms with Crippen molar-refractivity contribution in [3.05, 3.63) is 69.8 Å². The Bertz CT molecular complexity index is 832. The molecule has 134 valence electrons. The quantitative estimate of drug-likeness (QED) is 0.452. The van der Waals surface area contributed by atoms with Crippen molar-refractivity contribution in [2.45, 2.75) is 25.9 Å². The molecule has 7 nitrogen and oxygen atoms in total. The molecule has 1 amide bonds. The molecule has 0 radical (unpaired) electrons. The Labute approximate surface area is 150 Å². The summed E-state index contributed by atoms with van der Waals surface area (Å²) in [6.07, 6.45) is 1.54. The van der Waals surface area contributed by atoms with Gasteiger partial charge in [0.25, 0.3) is 5.69 Å². The number of esters is 1. The van der Waals surface area contributed by atoms with Crippen molar-refractivity contribution in [2.75, 3.05) is 11.4 Å². The number of nitro groups is 1. The van der Waals surface area contributed by atoms with Gasteiger partial charge in [-0.1, -0.05) is 24.3 Å². The normalized spacial score (nSPS) is 13.7. The summed E-state index contributed by atoms with van der Waals surface area (Å²) in [6.45, 7) is 0.713. The fraction of sp³-hybridized carbons (Fsp3) is 0.263. The first-order valence-corrected chi connectivity index (χ1v) is 8.31. The lowest BCUT2D eigenvalue weighted by Gasteiger charge is -2.15. The summed E-state index contributed by atoms with van der Waals surface area (Å²) in [5.41, 5.74) is 2.15. The second-order valence-electron chi connectivity index (χ2n) is 6.08. The zero-order chi connectivity index (χ0) is 18.5. The minimum atomic E-state index is -0.488. The Morgan fingerprint density at radius 1 is 1.15 bits per heavy atom. The topological polar surface area (TPSA) is 89.8 Å². The molecule has 1 aliphatic heterocycles. The molecule has 2 aromatic rings. The van der Waals surface area contributed by atoms with Gasteiger partial charge in [0.05, 0.1) is 11.3 Å². The van der Waals surface area contributed by atoms with Crippen molar-refractivity contribution in [3.63, 3.8) is 0 Å². The van der Waals surface area contributed by atoms with Gasteiger partial charge >= 0.3 is 5.97 Å². The van der Waals surface area contributed by atoms with Crippen molar-refractivity contribution in [1.82, 2.24) is 0 Å². The van der Waals surface area contributed by atoms with Crippen LogP contribution in [0.2, 0.25) is 0 Å². The van der Waals surface area contributed by atoms with Gasteiger partial charge in [0.2, 0.25) is 5.91 Å². The van der Waals surface area contributed by atoms with E-state index in [1.807, 2.05) is 12.1 Å². The summed E-state index contributed by atoms with van der Waals surface area (Å²) >= 11 is 0. The molecule has 0 bridgehead atoms. The van der Waals surface area contributed by atoms with Gasteiger partial charge in [-0.25, -0.2) is 0 Å². The molecule has 0 aliphatic carbocycles. The first-order valence-electron chi connectivity index (χ1n) is 8.31. The fourth-order valence-corrected chi connectivity index (χ4v) is 2.86. The lowest BCUT2D eigenvalue weighted by molar-refractivity contribution is -0.384. The number of amides is 1. The molecule has 0 saturated carbocycles. The van der Waals surface area contributed by atoms with Crippen LogP contribution in [0.5, 0.6) is 0 Å². The largest absolute Gasteiger partial charge is 0.461 e. The van der Waals surface area contributed by atoms with E-state index in [1.54, 1.807) is 29.2 Å². The van der Waals surface area contributed by atoms with Crippen LogP contribution in [0.1, 0.15) is 24.0 Å². The van der Waals surface area contributed by atoms with Crippen molar-refractivity contribution in [3.8, 4) is 0 Å². The van der Waals surface area contributed by atoms with Crippen molar-refractivity contribution in [2.24, 2.45) is 0 Å². The molecule has 7 heteroatoms. The summed E-state index contributed by atoms with van der Waals surface area (Å²) in [5, 5.41) is 10.7. The van der Waals surface area contributed by atoms with Crippen molar-refractivity contribution in [1.29, 1.82) is 0 Å². The SMILES string of the molecule is O=C(Cc1ccc(N2CCCC2=O)cc1)OCc1cccc([N+](=O)[O-])c1. The highest BCUT2D eigenvalue weighted by molar-refractivity contribution is 5.95. The Morgan fingerprint density at radius 2 is 1.92 bits per heavy atom. The summed E-state index contributed by atoms with van der Waals surface area (Å²) in [4.78, 5) is 35.7. The van der Waals surface area contributed by atoms with E-state index in [9.17, 15) is 19.7 Å². The Morgan fingerprint density at radius 3 is 2.58 bits per heavy atom. The highest BCUT2D eigenvalue weighted by Gasteiger charge is 2.21. The van der Waals surface area contributed by atoms with E-state index in [4.69, 9.17) is 4.74 Å². The van der Waals surface area contributed by atoms with Gasteiger partial charge < -0.3 is 9.64 Å². The molecule has 1 aliphatic rings. The van der Waals surface area contributed by atoms with Crippen molar-refractivity contribution >= 4 is 23.3 Å². The first-order chi connectivity index (χ1) is 12.5. The third kappa shape index (κ3) is 4.24. The van der Waals surface area contributed by atoms with Gasteiger partial charge in [0.1, 0.15) is 6.61 Å². The zero-order valence-electron chi connectivity index (χ0n) is 14.1. The monoisotopic (exact) mass is 354 g/mol. The molecule has 2 aromatic carbocycles. The lowest BCUT2D eigenvalue weighted by Crippen LogP contribution is -2.23. The number of benzene rings is 2. The van der Waals surface area contributed by atoms with E-state index >= 15 is 0 Å². The van der Waals surface area contributed by atoms with Crippen LogP contribution in [0.15, 0.2) is 48.5 Å². The number of ether oxygens (including phenoxy) is 1. The minimum absolute atomic E-state index is 0.0130. The van der Waals surface area contributed by atoms with Gasteiger partial charge in [-0.3, -0.25) is 19.7 Å². The predicted octanol–water partition coefficient (Wildman–Crippen LogP) is 3.01. The maximum absolute atomic E-state index is 12.0. The number of nitro benzene ring substituents is 1. The van der Waals surface area contributed by atoms with Gasteiger partial charge in [0.15, 0.2) is 0 Å². The number of non-ortho nitro benzene ring substituents is 1. The molecular weight excluding hydrogens is 336 g/mol. The van der Waals surface area contributed by atoms with E-state index in [2.05, 4.69) is 0 Å². The molecule has 26 heavy (non-hydrogen) atoms. The highest BCUT2D eigenvalue weighted by Crippen LogP contribution is 2.22. The molecule has 0 N–H and O–H groups in total. The predicted molar refractivity (Wildman–Crippen MR) is 94.6 cm³/mol. The van der Waals surface area contributed by atoms with Gasteiger partial charge in [-0.05, 0) is 29.7 Å². The number of anilines is 1. The van der Waals surface area contributed by atoms with Crippen LogP contribution in [0.4, 0.5) is 11.4 Å². The summed E-state index contributed by atoms with van der Waals surface area (Å²) in [7, 11) is 0. The third-order valence-electron chi connectivity index (χ3n) is 4.19. The Hall–Kier alpha value is -3.22. The zero-order valence-corrected chi connectivity index (χ0v) is 14.1. The molecule has 1 saturated heterocycles. The second-order valence-corrected chi connectivity index (χ2v) is 6.08. The number of hydrogen-bond donors (Lipinski definition) is 0. The fourth-order valence-electron chi connectivity index (χ4n) is 2.86. The molecule has 1 heterocycles. The lowest BCUT2D eigenvalue weighted by atomic mass is 10.1. The minimum Gasteiger partial charge on any atom is -0.461 e. The van der Waals surface area contributed by atoms with Crippen LogP contribution in [0.25, 0.3) is 0 Å². The molecular formula is C19H18N2O5. The number of carbonyl (C=O) groups excluding carboxylic acids is 2. The number of carbonyl (C=O) groups is 2. The van der Waals surface area contributed by atoms with Crippen LogP contribution >= 0.6 is 0 Å². The maximum Gasteiger partial charge on any atom is 0.310 e. The van der Waals surface area contributed by atoms with Crippen LogP contribution < -0.4 is 4.90 Å². The second kappa shape index (κ2) is 7.77. The standard InChI is InChI=1S/C19H18N2O5/c22-18-5-2-10-20(18)16-8-6-14(7-9-16)12-19(23)26-13-15-3-1-4-17(11-15)21(24)25/h1,3-4,6-9,11H,2,5,10,12-13H2. The number of hydrogen-bond acceptors (Lipinski definition) is 5. The maximum atomic E-state index is 12.0. The Balaban J connectivity index is 1.54. The van der Waals surface area contributed by atoms with Gasteiger partial charge in [-0.15, -0.1) is 0 Å². The van der Waals surface area contributed by atoms with Crippen molar-refractivity contribution < 1.29 is 19.2 Å². The summed E-state index contributed by atoms with van der Waals surface area (Å²) < 4.78 is 5.19. The van der Waals surface area contributed by atoms with E-state index in [-0.39, 0.29) is 24.6 Å². The average molecular weight is 354 g/mol. The summed E-state index contributed by atoms with van der Waals surface area (Å²) in [5.74, 6) is -0.296. The molecule has 1 fully saturated rings. The van der Waals surface area contributed by atoms with Crippen LogP contribution in [-0.2, 0) is 27.4 Å². The van der Waals surface area contributed by atoms with Gasteiger partial charge in [-0.2, -0.15) is 0 Å². The first kappa shape index (κ1) is 17.6. The van der Waals surface area contributed by atoms with E-state index in [0.29, 0.717) is 12.0 Å². The van der Waals surface area contributed by atoms with Crippen LogP contribution in [0, 0.1) is 10.1 Å². The van der Waals surface area contributed by atoms with E-state index < -0.39 is 10.9 Å². The number of nitrogens with zero attached hydrogens (tertiary/aromatic N) is 2. The number of rotatable bonds is 6. The third-order valence-corrected chi connectivity index (χ3v) is 4.19. The van der Waals surface area contributed by atoms with Crippen LogP contribution in [-0.4, -0.2) is 23.3 Å². The smallest absolute Gasteiger partial charge is 0.310 e. The molecule has 0 spiro atoms. The molecule has 3 rings (SSSR count). The molecule has 0 aromatic heterocycles.